The lowest BCUT2D eigenvalue weighted by Crippen LogP contribution is -2.47. The van der Waals surface area contributed by atoms with Gasteiger partial charge in [-0.25, -0.2) is 0 Å². The van der Waals surface area contributed by atoms with Gasteiger partial charge in [0.05, 0.1) is 12.5 Å². The molecule has 0 aromatic heterocycles. The molecule has 0 bridgehead atoms. The van der Waals surface area contributed by atoms with E-state index in [0.717, 1.165) is 12.8 Å². The SMILES string of the molecule is CCCC[C@H](N)C(=O)NC(CC(=O)O)CC(C)(C)C. The van der Waals surface area contributed by atoms with Crippen molar-refractivity contribution >= 4 is 11.9 Å². The van der Waals surface area contributed by atoms with Crippen LogP contribution in [0, 0.1) is 5.41 Å². The number of unbranched alkanes of at least 4 members (excludes halogenated alkanes) is 1. The molecule has 0 aliphatic rings. The zero-order valence-electron chi connectivity index (χ0n) is 12.5. The van der Waals surface area contributed by atoms with E-state index >= 15 is 0 Å². The lowest BCUT2D eigenvalue weighted by molar-refractivity contribution is -0.138. The number of carboxylic acids is 1. The van der Waals surface area contributed by atoms with Gasteiger partial charge >= 0.3 is 5.97 Å². The summed E-state index contributed by atoms with van der Waals surface area (Å²) in [7, 11) is 0. The van der Waals surface area contributed by atoms with Crippen molar-refractivity contribution in [1.29, 1.82) is 0 Å². The minimum absolute atomic E-state index is 0.0408. The number of hydrogen-bond acceptors (Lipinski definition) is 3. The van der Waals surface area contributed by atoms with Gasteiger partial charge < -0.3 is 16.2 Å². The zero-order chi connectivity index (χ0) is 15.1. The van der Waals surface area contributed by atoms with Gasteiger partial charge in [-0.1, -0.05) is 40.5 Å². The highest BCUT2D eigenvalue weighted by Gasteiger charge is 2.24. The van der Waals surface area contributed by atoms with Crippen LogP contribution in [0.3, 0.4) is 0 Å². The van der Waals surface area contributed by atoms with Crippen LogP contribution in [0.1, 0.15) is 59.8 Å². The second kappa shape index (κ2) is 8.15. The zero-order valence-corrected chi connectivity index (χ0v) is 12.5. The number of carboxylic acid groups (broad SMARTS) is 1. The van der Waals surface area contributed by atoms with Crippen molar-refractivity contribution in [2.24, 2.45) is 11.1 Å². The molecule has 0 fully saturated rings. The highest BCUT2D eigenvalue weighted by atomic mass is 16.4. The minimum Gasteiger partial charge on any atom is -0.481 e. The third kappa shape index (κ3) is 9.47. The van der Waals surface area contributed by atoms with Gasteiger partial charge in [-0.05, 0) is 18.3 Å². The van der Waals surface area contributed by atoms with Crippen LogP contribution >= 0.6 is 0 Å². The van der Waals surface area contributed by atoms with E-state index in [-0.39, 0.29) is 23.8 Å². The van der Waals surface area contributed by atoms with Gasteiger partial charge in [0.15, 0.2) is 0 Å². The average Bonchev–Trinajstić information content (AvgIpc) is 2.22. The smallest absolute Gasteiger partial charge is 0.305 e. The van der Waals surface area contributed by atoms with Crippen molar-refractivity contribution in [3.8, 4) is 0 Å². The third-order valence-electron chi connectivity index (χ3n) is 2.83. The number of hydrogen-bond donors (Lipinski definition) is 3. The molecule has 5 nitrogen and oxygen atoms in total. The first-order chi connectivity index (χ1) is 8.65. The molecular formula is C14H28N2O3. The summed E-state index contributed by atoms with van der Waals surface area (Å²) in [6.45, 7) is 8.10. The number of nitrogens with one attached hydrogen (secondary N) is 1. The molecule has 2 atom stereocenters. The Morgan fingerprint density at radius 3 is 2.32 bits per heavy atom. The minimum atomic E-state index is -0.906. The number of nitrogens with two attached hydrogens (primary N) is 1. The molecule has 0 spiro atoms. The molecule has 0 radical (unpaired) electrons. The molecule has 0 saturated heterocycles. The van der Waals surface area contributed by atoms with Gasteiger partial charge in [-0.3, -0.25) is 9.59 Å². The van der Waals surface area contributed by atoms with E-state index in [1.807, 2.05) is 27.7 Å². The summed E-state index contributed by atoms with van der Waals surface area (Å²) >= 11 is 0. The van der Waals surface area contributed by atoms with Crippen LogP contribution in [0.15, 0.2) is 0 Å². The van der Waals surface area contributed by atoms with Gasteiger partial charge in [0, 0.05) is 6.04 Å². The first kappa shape index (κ1) is 17.9. The number of carbonyl (C=O) groups excluding carboxylic acids is 1. The molecule has 1 unspecified atom stereocenters. The van der Waals surface area contributed by atoms with Crippen molar-refractivity contribution in [3.63, 3.8) is 0 Å². The van der Waals surface area contributed by atoms with Crippen molar-refractivity contribution in [1.82, 2.24) is 5.32 Å². The summed E-state index contributed by atoms with van der Waals surface area (Å²) in [6.07, 6.45) is 3.08. The average molecular weight is 272 g/mol. The van der Waals surface area contributed by atoms with Crippen LogP contribution in [0.25, 0.3) is 0 Å². The Hall–Kier alpha value is -1.10. The van der Waals surface area contributed by atoms with E-state index in [0.29, 0.717) is 12.8 Å². The van der Waals surface area contributed by atoms with Crippen LogP contribution < -0.4 is 11.1 Å². The van der Waals surface area contributed by atoms with Crippen molar-refractivity contribution in [2.45, 2.75) is 71.9 Å². The molecule has 19 heavy (non-hydrogen) atoms. The van der Waals surface area contributed by atoms with E-state index in [4.69, 9.17) is 10.8 Å². The standard InChI is InChI=1S/C14H28N2O3/c1-5-6-7-11(15)13(19)16-10(8-12(17)18)9-14(2,3)4/h10-11H,5-9,15H2,1-4H3,(H,16,19)(H,17,18)/t10?,11-/m0/s1. The van der Waals surface area contributed by atoms with Crippen molar-refractivity contribution < 1.29 is 14.7 Å². The van der Waals surface area contributed by atoms with Gasteiger partial charge in [0.2, 0.25) is 5.91 Å². The Balaban J connectivity index is 4.45. The predicted molar refractivity (Wildman–Crippen MR) is 75.8 cm³/mol. The maximum Gasteiger partial charge on any atom is 0.305 e. The van der Waals surface area contributed by atoms with Gasteiger partial charge in [0.1, 0.15) is 0 Å². The number of carbonyl (C=O) groups is 2. The highest BCUT2D eigenvalue weighted by Crippen LogP contribution is 2.22. The molecule has 0 heterocycles. The van der Waals surface area contributed by atoms with Gasteiger partial charge in [-0.15, -0.1) is 0 Å². The molecule has 0 saturated carbocycles. The summed E-state index contributed by atoms with van der Waals surface area (Å²) in [5.74, 6) is -1.15. The molecular weight excluding hydrogens is 244 g/mol. The van der Waals surface area contributed by atoms with Crippen LogP contribution in [0.5, 0.6) is 0 Å². The Labute approximate surface area is 115 Å². The van der Waals surface area contributed by atoms with Gasteiger partial charge in [0.25, 0.3) is 0 Å². The number of aliphatic carboxylic acids is 1. The Morgan fingerprint density at radius 1 is 1.32 bits per heavy atom. The number of amides is 1. The third-order valence-corrected chi connectivity index (χ3v) is 2.83. The monoisotopic (exact) mass is 272 g/mol. The quantitative estimate of drug-likeness (QED) is 0.629. The Kier molecular flexibility index (Phi) is 7.68. The molecule has 1 amide bonds. The van der Waals surface area contributed by atoms with Crippen LogP contribution in [-0.4, -0.2) is 29.1 Å². The van der Waals surface area contributed by atoms with E-state index in [1.165, 1.54) is 0 Å². The summed E-state index contributed by atoms with van der Waals surface area (Å²) in [5, 5.41) is 11.7. The van der Waals surface area contributed by atoms with E-state index in [1.54, 1.807) is 0 Å². The topological polar surface area (TPSA) is 92.4 Å². The van der Waals surface area contributed by atoms with Crippen LogP contribution in [0.2, 0.25) is 0 Å². The van der Waals surface area contributed by atoms with Crippen LogP contribution in [0.4, 0.5) is 0 Å². The number of rotatable bonds is 8. The van der Waals surface area contributed by atoms with E-state index in [2.05, 4.69) is 5.32 Å². The molecule has 0 aliphatic carbocycles. The summed E-state index contributed by atoms with van der Waals surface area (Å²) < 4.78 is 0. The van der Waals surface area contributed by atoms with E-state index in [9.17, 15) is 9.59 Å². The summed E-state index contributed by atoms with van der Waals surface area (Å²) in [4.78, 5) is 22.7. The van der Waals surface area contributed by atoms with Crippen molar-refractivity contribution in [3.05, 3.63) is 0 Å². The molecule has 0 rings (SSSR count). The first-order valence-corrected chi connectivity index (χ1v) is 6.93. The fourth-order valence-corrected chi connectivity index (χ4v) is 1.99. The lowest BCUT2D eigenvalue weighted by Gasteiger charge is -2.26. The molecule has 5 heteroatoms. The maximum atomic E-state index is 11.9. The normalized spacial score (nSPS) is 14.8. The summed E-state index contributed by atoms with van der Waals surface area (Å²) in [5.41, 5.74) is 5.75. The fraction of sp³-hybridized carbons (Fsp3) is 0.857. The lowest BCUT2D eigenvalue weighted by atomic mass is 9.87. The van der Waals surface area contributed by atoms with Gasteiger partial charge in [-0.2, -0.15) is 0 Å². The molecule has 112 valence electrons. The molecule has 0 aliphatic heterocycles. The fourth-order valence-electron chi connectivity index (χ4n) is 1.99. The Morgan fingerprint density at radius 2 is 1.89 bits per heavy atom. The predicted octanol–water partition coefficient (Wildman–Crippen LogP) is 1.90. The highest BCUT2D eigenvalue weighted by molar-refractivity contribution is 5.82. The second-order valence-electron chi connectivity index (χ2n) is 6.32. The maximum absolute atomic E-state index is 11.9. The van der Waals surface area contributed by atoms with Crippen molar-refractivity contribution in [2.75, 3.05) is 0 Å². The largest absolute Gasteiger partial charge is 0.481 e. The molecule has 0 aromatic carbocycles. The first-order valence-electron chi connectivity index (χ1n) is 6.93. The molecule has 0 aromatic rings. The molecule has 4 N–H and O–H groups in total. The van der Waals surface area contributed by atoms with Crippen LogP contribution in [-0.2, 0) is 9.59 Å². The summed E-state index contributed by atoms with van der Waals surface area (Å²) in [6, 6.07) is -0.908. The second-order valence-corrected chi connectivity index (χ2v) is 6.32. The Bertz CT molecular complexity index is 298. The van der Waals surface area contributed by atoms with E-state index < -0.39 is 12.0 Å².